The summed E-state index contributed by atoms with van der Waals surface area (Å²) < 4.78 is 32.5. The standard InChI is InChI=1S/C22H22ClF2N3O3S/c23-15-1-4-17(5-2-15)31-14-20(29)28-11-12-32-22(28)7-9-27(10-8-22)21(30)26-19-6-3-16(24)13-18(19)25/h1-6,13H,7-12,14H2,(H,26,30). The number of nitrogens with one attached hydrogen (secondary N) is 1. The largest absolute Gasteiger partial charge is 0.484 e. The second-order valence-electron chi connectivity index (χ2n) is 7.62. The van der Waals surface area contributed by atoms with Gasteiger partial charge in [0.15, 0.2) is 6.61 Å². The van der Waals surface area contributed by atoms with E-state index in [1.807, 2.05) is 4.90 Å². The fraction of sp³-hybridized carbons (Fsp3) is 0.364. The van der Waals surface area contributed by atoms with Crippen LogP contribution in [0.5, 0.6) is 5.75 Å². The molecule has 1 N–H and O–H groups in total. The molecule has 4 rings (SSSR count). The number of rotatable bonds is 4. The molecule has 2 aliphatic rings. The van der Waals surface area contributed by atoms with Crippen LogP contribution in [0, 0.1) is 11.6 Å². The first-order chi connectivity index (χ1) is 15.4. The van der Waals surface area contributed by atoms with Crippen molar-refractivity contribution in [3.63, 3.8) is 0 Å². The number of nitrogens with zero attached hydrogens (tertiary/aromatic N) is 2. The lowest BCUT2D eigenvalue weighted by Crippen LogP contribution is -2.55. The Morgan fingerprint density at radius 2 is 1.81 bits per heavy atom. The summed E-state index contributed by atoms with van der Waals surface area (Å²) in [4.78, 5) is 28.5. The van der Waals surface area contributed by atoms with Crippen molar-refractivity contribution >= 4 is 41.0 Å². The molecule has 0 bridgehead atoms. The Morgan fingerprint density at radius 3 is 2.50 bits per heavy atom. The van der Waals surface area contributed by atoms with Gasteiger partial charge in [0.1, 0.15) is 17.4 Å². The zero-order valence-corrected chi connectivity index (χ0v) is 18.7. The minimum atomic E-state index is -0.823. The molecule has 10 heteroatoms. The molecule has 2 saturated heterocycles. The zero-order chi connectivity index (χ0) is 22.7. The van der Waals surface area contributed by atoms with E-state index >= 15 is 0 Å². The summed E-state index contributed by atoms with van der Waals surface area (Å²) in [6.07, 6.45) is 1.20. The molecular weight excluding hydrogens is 460 g/mol. The van der Waals surface area contributed by atoms with Gasteiger partial charge in [0, 0.05) is 36.5 Å². The van der Waals surface area contributed by atoms with E-state index in [-0.39, 0.29) is 23.1 Å². The van der Waals surface area contributed by atoms with Gasteiger partial charge in [-0.3, -0.25) is 4.79 Å². The molecule has 2 aliphatic heterocycles. The van der Waals surface area contributed by atoms with Crippen LogP contribution in [0.2, 0.25) is 5.02 Å². The minimum Gasteiger partial charge on any atom is -0.484 e. The number of urea groups is 1. The van der Waals surface area contributed by atoms with Crippen LogP contribution < -0.4 is 10.1 Å². The van der Waals surface area contributed by atoms with Gasteiger partial charge >= 0.3 is 6.03 Å². The maximum Gasteiger partial charge on any atom is 0.321 e. The fourth-order valence-corrected chi connectivity index (χ4v) is 5.57. The first-order valence-corrected chi connectivity index (χ1v) is 11.6. The van der Waals surface area contributed by atoms with Gasteiger partial charge in [-0.25, -0.2) is 13.6 Å². The summed E-state index contributed by atoms with van der Waals surface area (Å²) in [5, 5.41) is 3.09. The molecule has 0 radical (unpaired) electrons. The van der Waals surface area contributed by atoms with E-state index in [0.717, 1.165) is 17.9 Å². The molecular formula is C22H22ClF2N3O3S. The molecule has 2 fully saturated rings. The molecule has 2 heterocycles. The molecule has 0 aromatic heterocycles. The van der Waals surface area contributed by atoms with E-state index in [9.17, 15) is 18.4 Å². The van der Waals surface area contributed by atoms with Gasteiger partial charge in [0.05, 0.1) is 10.6 Å². The van der Waals surface area contributed by atoms with Crippen LogP contribution in [0.1, 0.15) is 12.8 Å². The van der Waals surface area contributed by atoms with E-state index in [4.69, 9.17) is 16.3 Å². The van der Waals surface area contributed by atoms with Crippen molar-refractivity contribution in [2.24, 2.45) is 0 Å². The molecule has 170 valence electrons. The van der Waals surface area contributed by atoms with Crippen LogP contribution in [0.25, 0.3) is 0 Å². The van der Waals surface area contributed by atoms with Crippen molar-refractivity contribution in [2.75, 3.05) is 37.3 Å². The summed E-state index contributed by atoms with van der Waals surface area (Å²) in [5.74, 6) is -0.238. The number of carbonyl (C=O) groups is 2. The highest BCUT2D eigenvalue weighted by Crippen LogP contribution is 2.44. The summed E-state index contributed by atoms with van der Waals surface area (Å²) in [6.45, 7) is 1.39. The number of hydrogen-bond acceptors (Lipinski definition) is 4. The van der Waals surface area contributed by atoms with Crippen LogP contribution in [-0.2, 0) is 4.79 Å². The van der Waals surface area contributed by atoms with E-state index in [0.29, 0.717) is 43.2 Å². The number of thioether (sulfide) groups is 1. The predicted octanol–water partition coefficient (Wildman–Crippen LogP) is 4.60. The Hall–Kier alpha value is -2.52. The van der Waals surface area contributed by atoms with E-state index in [1.54, 1.807) is 40.9 Å². The third-order valence-electron chi connectivity index (χ3n) is 5.66. The Morgan fingerprint density at radius 1 is 1.09 bits per heavy atom. The van der Waals surface area contributed by atoms with E-state index < -0.39 is 17.7 Å². The van der Waals surface area contributed by atoms with Crippen molar-refractivity contribution in [3.8, 4) is 5.75 Å². The molecule has 32 heavy (non-hydrogen) atoms. The van der Waals surface area contributed by atoms with Crippen molar-refractivity contribution in [1.82, 2.24) is 9.80 Å². The van der Waals surface area contributed by atoms with Gasteiger partial charge in [-0.2, -0.15) is 0 Å². The number of piperidine rings is 1. The number of benzene rings is 2. The maximum atomic E-state index is 13.8. The van der Waals surface area contributed by atoms with Gasteiger partial charge in [-0.1, -0.05) is 11.6 Å². The van der Waals surface area contributed by atoms with Crippen LogP contribution in [-0.4, -0.2) is 58.6 Å². The monoisotopic (exact) mass is 481 g/mol. The highest BCUT2D eigenvalue weighted by Gasteiger charge is 2.47. The molecule has 0 aliphatic carbocycles. The second kappa shape index (κ2) is 9.54. The summed E-state index contributed by atoms with van der Waals surface area (Å²) in [7, 11) is 0. The quantitative estimate of drug-likeness (QED) is 0.693. The number of anilines is 1. The summed E-state index contributed by atoms with van der Waals surface area (Å²) >= 11 is 7.59. The van der Waals surface area contributed by atoms with Crippen LogP contribution >= 0.6 is 23.4 Å². The Labute approximate surface area is 193 Å². The van der Waals surface area contributed by atoms with Gasteiger partial charge in [0.2, 0.25) is 0 Å². The molecule has 0 atom stereocenters. The van der Waals surface area contributed by atoms with Gasteiger partial charge in [-0.05, 0) is 49.2 Å². The maximum absolute atomic E-state index is 13.8. The lowest BCUT2D eigenvalue weighted by Gasteiger charge is -2.43. The fourth-order valence-electron chi connectivity index (χ4n) is 3.97. The third kappa shape index (κ3) is 4.94. The summed E-state index contributed by atoms with van der Waals surface area (Å²) in [5.41, 5.74) is -0.0666. The van der Waals surface area contributed by atoms with Gasteiger partial charge in [0.25, 0.3) is 5.91 Å². The SMILES string of the molecule is O=C(Nc1ccc(F)cc1F)N1CCC2(CC1)SCCN2C(=O)COc1ccc(Cl)cc1. The van der Waals surface area contributed by atoms with Crippen LogP contribution in [0.4, 0.5) is 19.3 Å². The van der Waals surface area contributed by atoms with Crippen molar-refractivity contribution in [3.05, 3.63) is 59.1 Å². The molecule has 0 unspecified atom stereocenters. The smallest absolute Gasteiger partial charge is 0.321 e. The molecule has 0 saturated carbocycles. The van der Waals surface area contributed by atoms with E-state index in [1.165, 1.54) is 6.07 Å². The number of carbonyl (C=O) groups excluding carboxylic acids is 2. The lowest BCUT2D eigenvalue weighted by molar-refractivity contribution is -0.136. The van der Waals surface area contributed by atoms with Crippen LogP contribution in [0.15, 0.2) is 42.5 Å². The number of ether oxygens (including phenoxy) is 1. The zero-order valence-electron chi connectivity index (χ0n) is 17.2. The Balaban J connectivity index is 1.33. The number of hydrogen-bond donors (Lipinski definition) is 1. The highest BCUT2D eigenvalue weighted by atomic mass is 35.5. The van der Waals surface area contributed by atoms with Gasteiger partial charge < -0.3 is 19.9 Å². The summed E-state index contributed by atoms with van der Waals surface area (Å²) in [6, 6.07) is 9.40. The molecule has 3 amide bonds. The Bertz CT molecular complexity index is 1000. The average molecular weight is 482 g/mol. The molecule has 6 nitrogen and oxygen atoms in total. The van der Waals surface area contributed by atoms with Gasteiger partial charge in [-0.15, -0.1) is 11.8 Å². The third-order valence-corrected chi connectivity index (χ3v) is 7.46. The normalized spacial score (nSPS) is 17.5. The first-order valence-electron chi connectivity index (χ1n) is 10.2. The second-order valence-corrected chi connectivity index (χ2v) is 9.52. The lowest BCUT2D eigenvalue weighted by atomic mass is 10.0. The highest BCUT2D eigenvalue weighted by molar-refractivity contribution is 8.00. The number of halogens is 3. The van der Waals surface area contributed by atoms with Crippen molar-refractivity contribution in [1.29, 1.82) is 0 Å². The number of likely N-dealkylation sites (tertiary alicyclic amines) is 1. The number of amides is 3. The van der Waals surface area contributed by atoms with Crippen LogP contribution in [0.3, 0.4) is 0 Å². The minimum absolute atomic E-state index is 0.0666. The predicted molar refractivity (Wildman–Crippen MR) is 120 cm³/mol. The average Bonchev–Trinajstić information content (AvgIpc) is 3.18. The Kier molecular flexibility index (Phi) is 6.76. The molecule has 1 spiro atoms. The first kappa shape index (κ1) is 22.7. The molecule has 2 aromatic carbocycles. The van der Waals surface area contributed by atoms with E-state index in [2.05, 4.69) is 5.32 Å². The van der Waals surface area contributed by atoms with Crippen molar-refractivity contribution < 1.29 is 23.1 Å². The topological polar surface area (TPSA) is 61.9 Å². The molecule has 2 aromatic rings. The van der Waals surface area contributed by atoms with Crippen molar-refractivity contribution in [2.45, 2.75) is 17.7 Å².